The molecule has 0 unspecified atom stereocenters. The number of benzene rings is 1. The fourth-order valence-corrected chi connectivity index (χ4v) is 5.05. The lowest BCUT2D eigenvalue weighted by atomic mass is 10.0. The van der Waals surface area contributed by atoms with E-state index in [0.717, 1.165) is 37.8 Å². The number of hydrogen-bond acceptors (Lipinski definition) is 5. The molecule has 32 heavy (non-hydrogen) atoms. The molecule has 1 aromatic carbocycles. The molecule has 1 aliphatic rings. The van der Waals surface area contributed by atoms with Crippen molar-refractivity contribution in [1.29, 1.82) is 0 Å². The molecular weight excluding hydrogens is 447 g/mol. The zero-order chi connectivity index (χ0) is 23.5. The summed E-state index contributed by atoms with van der Waals surface area (Å²) in [5.74, 6) is -0.689. The lowest BCUT2D eigenvalue weighted by Gasteiger charge is -2.12. The number of nitrogens with one attached hydrogen (secondary N) is 2. The molecule has 1 aromatic heterocycles. The molecule has 1 saturated carbocycles. The van der Waals surface area contributed by atoms with Crippen molar-refractivity contribution in [1.82, 2.24) is 15.2 Å². The van der Waals surface area contributed by atoms with E-state index < -0.39 is 27.7 Å². The van der Waals surface area contributed by atoms with Gasteiger partial charge in [-0.2, -0.15) is 13.2 Å². The molecule has 176 valence electrons. The van der Waals surface area contributed by atoms with Gasteiger partial charge in [0, 0.05) is 23.7 Å². The Labute approximate surface area is 184 Å². The van der Waals surface area contributed by atoms with Gasteiger partial charge in [0.1, 0.15) is 0 Å². The van der Waals surface area contributed by atoms with Crippen molar-refractivity contribution in [3.8, 4) is 11.3 Å². The van der Waals surface area contributed by atoms with Gasteiger partial charge in [-0.1, -0.05) is 44.0 Å². The highest BCUT2D eigenvalue weighted by Crippen LogP contribution is 2.33. The summed E-state index contributed by atoms with van der Waals surface area (Å²) >= 11 is 0. The average Bonchev–Trinajstić information content (AvgIpc) is 3.34. The van der Waals surface area contributed by atoms with E-state index in [0.29, 0.717) is 0 Å². The van der Waals surface area contributed by atoms with Crippen molar-refractivity contribution in [3.63, 3.8) is 0 Å². The molecule has 2 N–H and O–H groups in total. The number of rotatable bonds is 8. The first-order chi connectivity index (χ1) is 15.0. The van der Waals surface area contributed by atoms with Crippen LogP contribution in [0.3, 0.4) is 0 Å². The van der Waals surface area contributed by atoms with E-state index >= 15 is 0 Å². The van der Waals surface area contributed by atoms with Crippen LogP contribution in [0.2, 0.25) is 0 Å². The number of halogens is 3. The molecule has 7 nitrogen and oxygen atoms in total. The van der Waals surface area contributed by atoms with Crippen molar-refractivity contribution in [2.24, 2.45) is 5.92 Å². The minimum absolute atomic E-state index is 0.000739. The maximum absolute atomic E-state index is 12.9. The molecule has 0 saturated heterocycles. The normalized spacial score (nSPS) is 15.4. The minimum Gasteiger partial charge on any atom is -0.355 e. The van der Waals surface area contributed by atoms with Crippen LogP contribution in [0.1, 0.15) is 61.1 Å². The Balaban J connectivity index is 1.92. The van der Waals surface area contributed by atoms with Gasteiger partial charge in [0.2, 0.25) is 10.0 Å². The molecular formula is C21H26F3N3O4S. The molecule has 3 rings (SSSR count). The van der Waals surface area contributed by atoms with E-state index in [2.05, 4.69) is 15.2 Å². The summed E-state index contributed by atoms with van der Waals surface area (Å²) in [6.07, 6.45) is -0.816. The first kappa shape index (κ1) is 24.2. The summed E-state index contributed by atoms with van der Waals surface area (Å²) in [5.41, 5.74) is -0.491. The molecule has 2 aromatic rings. The first-order valence-corrected chi connectivity index (χ1v) is 12.1. The number of sulfonamides is 1. The molecule has 0 spiro atoms. The number of alkyl halides is 3. The zero-order valence-corrected chi connectivity index (χ0v) is 18.6. The van der Waals surface area contributed by atoms with E-state index in [1.165, 1.54) is 12.1 Å². The van der Waals surface area contributed by atoms with Gasteiger partial charge in [0.05, 0.1) is 11.3 Å². The summed E-state index contributed by atoms with van der Waals surface area (Å²) in [4.78, 5) is 12.8. The van der Waals surface area contributed by atoms with Crippen LogP contribution in [0.5, 0.6) is 0 Å². The van der Waals surface area contributed by atoms with Crippen molar-refractivity contribution in [3.05, 3.63) is 41.1 Å². The van der Waals surface area contributed by atoms with E-state index in [1.807, 2.05) is 0 Å². The minimum atomic E-state index is -4.50. The largest absolute Gasteiger partial charge is 0.416 e. The highest BCUT2D eigenvalue weighted by atomic mass is 32.2. The Morgan fingerprint density at radius 3 is 2.38 bits per heavy atom. The van der Waals surface area contributed by atoms with Crippen LogP contribution in [0.4, 0.5) is 13.2 Å². The standard InChI is InChI=1S/C21H26F3N3O4S/c1-13(2)12-32(29,30)25-11-17-18(20(28)26-16-5-3-4-6-16)27-31-19(17)14-7-9-15(10-8-14)21(22,23)24/h7-10,13,16,25H,3-6,11-12H2,1-2H3,(H,26,28). The van der Waals surface area contributed by atoms with Gasteiger partial charge in [0.15, 0.2) is 11.5 Å². The van der Waals surface area contributed by atoms with Crippen molar-refractivity contribution < 1.29 is 30.9 Å². The summed E-state index contributed by atoms with van der Waals surface area (Å²) < 4.78 is 71.1. The molecule has 0 atom stereocenters. The fraction of sp³-hybridized carbons (Fsp3) is 0.524. The highest BCUT2D eigenvalue weighted by Gasteiger charge is 2.31. The Morgan fingerprint density at radius 2 is 1.81 bits per heavy atom. The Bertz CT molecular complexity index is 1040. The molecule has 11 heteroatoms. The predicted molar refractivity (Wildman–Crippen MR) is 112 cm³/mol. The Kier molecular flexibility index (Phi) is 7.29. The van der Waals surface area contributed by atoms with E-state index in [-0.39, 0.29) is 46.8 Å². The number of nitrogens with zero attached hydrogens (tertiary/aromatic N) is 1. The van der Waals surface area contributed by atoms with Gasteiger partial charge in [-0.05, 0) is 30.9 Å². The van der Waals surface area contributed by atoms with Crippen molar-refractivity contribution in [2.75, 3.05) is 5.75 Å². The Morgan fingerprint density at radius 1 is 1.19 bits per heavy atom. The van der Waals surface area contributed by atoms with Crippen LogP contribution in [-0.4, -0.2) is 31.3 Å². The van der Waals surface area contributed by atoms with Crippen LogP contribution in [0.15, 0.2) is 28.8 Å². The molecule has 0 radical (unpaired) electrons. The number of carbonyl (C=O) groups is 1. The number of amides is 1. The van der Waals surface area contributed by atoms with Crippen LogP contribution in [0, 0.1) is 5.92 Å². The lowest BCUT2D eigenvalue weighted by molar-refractivity contribution is -0.137. The van der Waals surface area contributed by atoms with Gasteiger partial charge >= 0.3 is 6.18 Å². The molecule has 1 amide bonds. The third-order valence-electron chi connectivity index (χ3n) is 5.19. The van der Waals surface area contributed by atoms with E-state index in [9.17, 15) is 26.4 Å². The van der Waals surface area contributed by atoms with Crippen LogP contribution < -0.4 is 10.0 Å². The second kappa shape index (κ2) is 9.62. The molecule has 0 bridgehead atoms. The summed E-state index contributed by atoms with van der Waals surface area (Å²) in [5, 5.41) is 6.69. The zero-order valence-electron chi connectivity index (χ0n) is 17.8. The molecule has 1 aliphatic carbocycles. The quantitative estimate of drug-likeness (QED) is 0.601. The van der Waals surface area contributed by atoms with Gasteiger partial charge in [-0.15, -0.1) is 0 Å². The van der Waals surface area contributed by atoms with Gasteiger partial charge in [-0.25, -0.2) is 13.1 Å². The number of hydrogen-bond donors (Lipinski definition) is 2. The van der Waals surface area contributed by atoms with Crippen LogP contribution >= 0.6 is 0 Å². The molecule has 1 heterocycles. The maximum Gasteiger partial charge on any atom is 0.416 e. The fourth-order valence-electron chi connectivity index (χ4n) is 3.69. The topological polar surface area (TPSA) is 101 Å². The third-order valence-corrected chi connectivity index (χ3v) is 6.88. The monoisotopic (exact) mass is 473 g/mol. The predicted octanol–water partition coefficient (Wildman–Crippen LogP) is 4.11. The average molecular weight is 474 g/mol. The lowest BCUT2D eigenvalue weighted by Crippen LogP contribution is -2.34. The van der Waals surface area contributed by atoms with Gasteiger partial charge < -0.3 is 9.84 Å². The van der Waals surface area contributed by atoms with E-state index in [4.69, 9.17) is 4.52 Å². The summed E-state index contributed by atoms with van der Waals surface area (Å²) in [6.45, 7) is 3.24. The molecule has 1 fully saturated rings. The van der Waals surface area contributed by atoms with Crippen molar-refractivity contribution in [2.45, 2.75) is 58.3 Å². The highest BCUT2D eigenvalue weighted by molar-refractivity contribution is 7.89. The second-order valence-corrected chi connectivity index (χ2v) is 10.2. The van der Waals surface area contributed by atoms with Crippen molar-refractivity contribution >= 4 is 15.9 Å². The third kappa shape index (κ3) is 6.10. The summed E-state index contributed by atoms with van der Waals surface area (Å²) in [6, 6.07) is 4.19. The Hall–Kier alpha value is -2.40. The van der Waals surface area contributed by atoms with Gasteiger partial charge in [0.25, 0.3) is 5.91 Å². The number of aromatic nitrogens is 1. The molecule has 0 aliphatic heterocycles. The first-order valence-electron chi connectivity index (χ1n) is 10.4. The van der Waals surface area contributed by atoms with E-state index in [1.54, 1.807) is 13.8 Å². The van der Waals surface area contributed by atoms with Crippen LogP contribution in [0.25, 0.3) is 11.3 Å². The maximum atomic E-state index is 12.9. The summed E-state index contributed by atoms with van der Waals surface area (Å²) in [7, 11) is -3.65. The smallest absolute Gasteiger partial charge is 0.355 e. The van der Waals surface area contributed by atoms with Crippen LogP contribution in [-0.2, 0) is 22.7 Å². The number of carbonyl (C=O) groups excluding carboxylic acids is 1. The second-order valence-electron chi connectivity index (χ2n) is 8.37. The SMILES string of the molecule is CC(C)CS(=O)(=O)NCc1c(C(=O)NC2CCCC2)noc1-c1ccc(C(F)(F)F)cc1. The van der Waals surface area contributed by atoms with Gasteiger partial charge in [-0.3, -0.25) is 4.79 Å².